The fourth-order valence-corrected chi connectivity index (χ4v) is 1.69. The van der Waals surface area contributed by atoms with Gasteiger partial charge in [-0.2, -0.15) is 0 Å². The molecule has 0 aliphatic carbocycles. The zero-order valence-electron chi connectivity index (χ0n) is 10.3. The molecule has 0 radical (unpaired) electrons. The van der Waals surface area contributed by atoms with Crippen molar-refractivity contribution in [1.29, 1.82) is 0 Å². The number of benzene rings is 1. The third-order valence-corrected chi connectivity index (χ3v) is 2.62. The predicted octanol–water partition coefficient (Wildman–Crippen LogP) is 2.01. The van der Waals surface area contributed by atoms with Gasteiger partial charge in [0, 0.05) is 12.1 Å². The standard InChI is InChI=1S/C13H12O5/c1-7(14)9-6-10-11(17-3)4-8(16-2)5-12(10)18-13(9)15/h4-6H,1-3H3. The molecule has 94 valence electrons. The Balaban J connectivity index is 2.84. The fraction of sp³-hybridized carbons (Fsp3) is 0.231. The number of hydrogen-bond acceptors (Lipinski definition) is 5. The van der Waals surface area contributed by atoms with Crippen molar-refractivity contribution in [2.24, 2.45) is 0 Å². The number of carbonyl (C=O) groups is 1. The normalized spacial score (nSPS) is 10.4. The molecule has 0 fully saturated rings. The van der Waals surface area contributed by atoms with Crippen molar-refractivity contribution in [3.05, 3.63) is 34.2 Å². The molecule has 0 bridgehead atoms. The van der Waals surface area contributed by atoms with E-state index in [9.17, 15) is 9.59 Å². The Kier molecular flexibility index (Phi) is 3.06. The molecule has 1 aromatic heterocycles. The van der Waals surface area contributed by atoms with Gasteiger partial charge in [-0.15, -0.1) is 0 Å². The van der Waals surface area contributed by atoms with Crippen LogP contribution in [0.15, 0.2) is 27.4 Å². The minimum absolute atomic E-state index is 0.00552. The molecule has 0 unspecified atom stereocenters. The van der Waals surface area contributed by atoms with Crippen molar-refractivity contribution in [3.63, 3.8) is 0 Å². The minimum Gasteiger partial charge on any atom is -0.496 e. The first-order valence-corrected chi connectivity index (χ1v) is 5.27. The Morgan fingerprint density at radius 1 is 1.17 bits per heavy atom. The topological polar surface area (TPSA) is 65.7 Å². The Labute approximate surface area is 103 Å². The van der Waals surface area contributed by atoms with Crippen LogP contribution in [0.1, 0.15) is 17.3 Å². The molecule has 0 N–H and O–H groups in total. The van der Waals surface area contributed by atoms with Gasteiger partial charge in [0.05, 0.1) is 19.6 Å². The first-order valence-electron chi connectivity index (χ1n) is 5.27. The van der Waals surface area contributed by atoms with Crippen molar-refractivity contribution in [3.8, 4) is 11.5 Å². The Morgan fingerprint density at radius 3 is 2.44 bits per heavy atom. The maximum absolute atomic E-state index is 11.6. The number of ketones is 1. The largest absolute Gasteiger partial charge is 0.496 e. The highest BCUT2D eigenvalue weighted by molar-refractivity contribution is 5.98. The van der Waals surface area contributed by atoms with Crippen LogP contribution in [-0.2, 0) is 0 Å². The van der Waals surface area contributed by atoms with Gasteiger partial charge in [-0.1, -0.05) is 0 Å². The molecule has 0 aliphatic heterocycles. The lowest BCUT2D eigenvalue weighted by Gasteiger charge is -2.08. The summed E-state index contributed by atoms with van der Waals surface area (Å²) >= 11 is 0. The summed E-state index contributed by atoms with van der Waals surface area (Å²) in [5.74, 6) is 0.650. The van der Waals surface area contributed by atoms with Crippen molar-refractivity contribution in [2.75, 3.05) is 14.2 Å². The van der Waals surface area contributed by atoms with E-state index in [2.05, 4.69) is 0 Å². The summed E-state index contributed by atoms with van der Waals surface area (Å²) in [6.07, 6.45) is 0. The van der Waals surface area contributed by atoms with E-state index in [-0.39, 0.29) is 11.3 Å². The number of rotatable bonds is 3. The van der Waals surface area contributed by atoms with Crippen molar-refractivity contribution >= 4 is 16.8 Å². The van der Waals surface area contributed by atoms with Crippen molar-refractivity contribution in [1.82, 2.24) is 0 Å². The van der Waals surface area contributed by atoms with Crippen LogP contribution >= 0.6 is 0 Å². The van der Waals surface area contributed by atoms with E-state index in [1.807, 2.05) is 0 Å². The second-order valence-electron chi connectivity index (χ2n) is 3.75. The number of ether oxygens (including phenoxy) is 2. The molecular weight excluding hydrogens is 236 g/mol. The lowest BCUT2D eigenvalue weighted by Crippen LogP contribution is -2.11. The molecule has 0 spiro atoms. The summed E-state index contributed by atoms with van der Waals surface area (Å²) in [5, 5.41) is 0.558. The summed E-state index contributed by atoms with van der Waals surface area (Å²) in [7, 11) is 3.00. The van der Waals surface area contributed by atoms with E-state index in [1.54, 1.807) is 12.1 Å². The third kappa shape index (κ3) is 1.95. The van der Waals surface area contributed by atoms with Crippen molar-refractivity contribution in [2.45, 2.75) is 6.92 Å². The summed E-state index contributed by atoms with van der Waals surface area (Å²) < 4.78 is 15.4. The number of hydrogen-bond donors (Lipinski definition) is 0. The van der Waals surface area contributed by atoms with Crippen LogP contribution in [0.4, 0.5) is 0 Å². The zero-order valence-corrected chi connectivity index (χ0v) is 10.3. The molecule has 5 heteroatoms. The summed E-state index contributed by atoms with van der Waals surface area (Å²) in [6.45, 7) is 1.31. The van der Waals surface area contributed by atoms with Crippen LogP contribution in [0.5, 0.6) is 11.5 Å². The van der Waals surface area contributed by atoms with Gasteiger partial charge in [-0.3, -0.25) is 4.79 Å². The highest BCUT2D eigenvalue weighted by atomic mass is 16.5. The maximum Gasteiger partial charge on any atom is 0.347 e. The molecule has 0 aliphatic rings. The molecule has 1 aromatic carbocycles. The van der Waals surface area contributed by atoms with Gasteiger partial charge in [0.1, 0.15) is 22.6 Å². The lowest BCUT2D eigenvalue weighted by atomic mass is 10.1. The van der Waals surface area contributed by atoms with Crippen LogP contribution < -0.4 is 15.1 Å². The molecule has 0 saturated heterocycles. The van der Waals surface area contributed by atoms with Gasteiger partial charge >= 0.3 is 5.63 Å². The second kappa shape index (κ2) is 4.52. The van der Waals surface area contributed by atoms with Crippen LogP contribution in [0, 0.1) is 0 Å². The fourth-order valence-electron chi connectivity index (χ4n) is 1.69. The molecule has 2 rings (SSSR count). The third-order valence-electron chi connectivity index (χ3n) is 2.62. The van der Waals surface area contributed by atoms with Gasteiger partial charge in [-0.05, 0) is 13.0 Å². The van der Waals surface area contributed by atoms with Gasteiger partial charge in [-0.25, -0.2) is 4.79 Å². The Morgan fingerprint density at radius 2 is 1.89 bits per heavy atom. The molecule has 18 heavy (non-hydrogen) atoms. The quantitative estimate of drug-likeness (QED) is 0.614. The van der Waals surface area contributed by atoms with Crippen molar-refractivity contribution < 1.29 is 18.7 Å². The average molecular weight is 248 g/mol. The maximum atomic E-state index is 11.6. The van der Waals surface area contributed by atoms with Crippen LogP contribution in [0.3, 0.4) is 0 Å². The van der Waals surface area contributed by atoms with Crippen LogP contribution in [-0.4, -0.2) is 20.0 Å². The molecule has 5 nitrogen and oxygen atoms in total. The minimum atomic E-state index is -0.662. The zero-order chi connectivity index (χ0) is 13.3. The van der Waals surface area contributed by atoms with E-state index in [1.165, 1.54) is 27.2 Å². The summed E-state index contributed by atoms with van der Waals surface area (Å²) in [6, 6.07) is 4.71. The molecule has 2 aromatic rings. The van der Waals surface area contributed by atoms with E-state index >= 15 is 0 Å². The molecule has 1 heterocycles. The average Bonchev–Trinajstić information content (AvgIpc) is 2.35. The Hall–Kier alpha value is -2.30. The SMILES string of the molecule is COc1cc(OC)c2cc(C(C)=O)c(=O)oc2c1. The van der Waals surface area contributed by atoms with Gasteiger partial charge in [0.25, 0.3) is 0 Å². The van der Waals surface area contributed by atoms with Gasteiger partial charge in [0.2, 0.25) is 0 Å². The van der Waals surface area contributed by atoms with Crippen LogP contribution in [0.25, 0.3) is 11.0 Å². The summed E-state index contributed by atoms with van der Waals surface area (Å²) in [5.41, 5.74) is -0.336. The number of Topliss-reactive ketones (excluding diaryl/α,β-unsaturated/α-hetero) is 1. The van der Waals surface area contributed by atoms with E-state index in [0.717, 1.165) is 0 Å². The lowest BCUT2D eigenvalue weighted by molar-refractivity contribution is 0.101. The molecular formula is C13H12O5. The smallest absolute Gasteiger partial charge is 0.347 e. The number of fused-ring (bicyclic) bond motifs is 1. The molecule has 0 saturated carbocycles. The first kappa shape index (κ1) is 12.2. The van der Waals surface area contributed by atoms with E-state index in [4.69, 9.17) is 13.9 Å². The monoisotopic (exact) mass is 248 g/mol. The number of methoxy groups -OCH3 is 2. The molecule has 0 amide bonds. The van der Waals surface area contributed by atoms with Gasteiger partial charge in [0.15, 0.2) is 5.78 Å². The molecule has 0 atom stereocenters. The predicted molar refractivity (Wildman–Crippen MR) is 65.6 cm³/mol. The van der Waals surface area contributed by atoms with Crippen LogP contribution in [0.2, 0.25) is 0 Å². The summed E-state index contributed by atoms with van der Waals surface area (Å²) in [4.78, 5) is 22.9. The number of carbonyl (C=O) groups excluding carboxylic acids is 1. The highest BCUT2D eigenvalue weighted by Gasteiger charge is 2.13. The van der Waals surface area contributed by atoms with E-state index in [0.29, 0.717) is 22.5 Å². The van der Waals surface area contributed by atoms with E-state index < -0.39 is 5.63 Å². The Bertz CT molecular complexity index is 669. The highest BCUT2D eigenvalue weighted by Crippen LogP contribution is 2.30. The first-order chi connectivity index (χ1) is 8.56. The van der Waals surface area contributed by atoms with Gasteiger partial charge < -0.3 is 13.9 Å². The second-order valence-corrected chi connectivity index (χ2v) is 3.75.